The molecule has 1 aromatic heterocycles. The first-order valence-electron chi connectivity index (χ1n) is 7.85. The second-order valence-electron chi connectivity index (χ2n) is 6.06. The number of aliphatic hydroxyl groups is 1. The molecule has 1 amide bonds. The highest BCUT2D eigenvalue weighted by Gasteiger charge is 2.34. The highest BCUT2D eigenvalue weighted by atomic mass is 35.5. The van der Waals surface area contributed by atoms with Crippen molar-refractivity contribution in [2.45, 2.75) is 31.5 Å². The molecule has 0 spiro atoms. The molecule has 1 aliphatic rings. The van der Waals surface area contributed by atoms with Gasteiger partial charge >= 0.3 is 0 Å². The standard InChI is InChI=1S/C17H20ClN3O3/c1-24-15-4-2-3-12(18)16(15)17(23)20-13-7-11(8-14(13)22)9-21-6-5-19-10-21/h2-6,10-11,13-14,22H,7-9H2,1H3,(H,20,23)/t11?,13-,14-/m1/s1. The molecule has 1 fully saturated rings. The summed E-state index contributed by atoms with van der Waals surface area (Å²) < 4.78 is 7.20. The fourth-order valence-corrected chi connectivity index (χ4v) is 3.50. The zero-order valence-corrected chi connectivity index (χ0v) is 14.1. The molecule has 3 atom stereocenters. The summed E-state index contributed by atoms with van der Waals surface area (Å²) in [6.45, 7) is 0.777. The Kier molecular flexibility index (Phi) is 5.06. The largest absolute Gasteiger partial charge is 0.496 e. The third-order valence-corrected chi connectivity index (χ3v) is 4.71. The zero-order valence-electron chi connectivity index (χ0n) is 13.4. The van der Waals surface area contributed by atoms with Crippen LogP contribution in [0.3, 0.4) is 0 Å². The number of nitrogens with one attached hydrogen (secondary N) is 1. The number of amides is 1. The number of hydrogen-bond acceptors (Lipinski definition) is 4. The van der Waals surface area contributed by atoms with E-state index in [2.05, 4.69) is 10.3 Å². The number of benzene rings is 1. The number of ether oxygens (including phenoxy) is 1. The Hall–Kier alpha value is -2.05. The maximum absolute atomic E-state index is 12.6. The van der Waals surface area contributed by atoms with Gasteiger partial charge in [0.05, 0.1) is 36.2 Å². The van der Waals surface area contributed by atoms with Crippen LogP contribution in [0.2, 0.25) is 5.02 Å². The fraction of sp³-hybridized carbons (Fsp3) is 0.412. The van der Waals surface area contributed by atoms with E-state index in [4.69, 9.17) is 16.3 Å². The summed E-state index contributed by atoms with van der Waals surface area (Å²) >= 11 is 6.13. The molecule has 1 saturated carbocycles. The number of aromatic nitrogens is 2. The summed E-state index contributed by atoms with van der Waals surface area (Å²) in [7, 11) is 1.49. The van der Waals surface area contributed by atoms with E-state index in [0.717, 1.165) is 6.54 Å². The summed E-state index contributed by atoms with van der Waals surface area (Å²) in [5.74, 6) is 0.375. The predicted octanol–water partition coefficient (Wildman–Crippen LogP) is 2.11. The van der Waals surface area contributed by atoms with Gasteiger partial charge in [-0.05, 0) is 30.9 Å². The Labute approximate surface area is 145 Å². The van der Waals surface area contributed by atoms with Gasteiger partial charge in [-0.1, -0.05) is 17.7 Å². The molecule has 0 saturated heterocycles. The van der Waals surface area contributed by atoms with Crippen LogP contribution >= 0.6 is 11.6 Å². The second-order valence-corrected chi connectivity index (χ2v) is 6.47. The van der Waals surface area contributed by atoms with Crippen LogP contribution in [0.4, 0.5) is 0 Å². The number of halogens is 1. The van der Waals surface area contributed by atoms with Crippen LogP contribution < -0.4 is 10.1 Å². The van der Waals surface area contributed by atoms with E-state index >= 15 is 0 Å². The van der Waals surface area contributed by atoms with Crippen LogP contribution in [-0.2, 0) is 6.54 Å². The van der Waals surface area contributed by atoms with Gasteiger partial charge < -0.3 is 19.7 Å². The van der Waals surface area contributed by atoms with Crippen molar-refractivity contribution in [3.05, 3.63) is 47.5 Å². The molecule has 3 rings (SSSR count). The Morgan fingerprint density at radius 1 is 1.50 bits per heavy atom. The number of carbonyl (C=O) groups excluding carboxylic acids is 1. The van der Waals surface area contributed by atoms with Gasteiger partial charge in [-0.2, -0.15) is 0 Å². The van der Waals surface area contributed by atoms with E-state index in [1.807, 2.05) is 10.8 Å². The van der Waals surface area contributed by atoms with Crippen LogP contribution in [0.25, 0.3) is 0 Å². The third-order valence-electron chi connectivity index (χ3n) is 4.39. The molecule has 6 nitrogen and oxygen atoms in total. The predicted molar refractivity (Wildman–Crippen MR) is 90.2 cm³/mol. The number of carbonyl (C=O) groups is 1. The molecular weight excluding hydrogens is 330 g/mol. The van der Waals surface area contributed by atoms with E-state index in [-0.39, 0.29) is 17.9 Å². The molecule has 2 aromatic rings. The fourth-order valence-electron chi connectivity index (χ4n) is 3.25. The molecule has 2 N–H and O–H groups in total. The number of methoxy groups -OCH3 is 1. The molecule has 0 bridgehead atoms. The van der Waals surface area contributed by atoms with Gasteiger partial charge in [0.1, 0.15) is 5.75 Å². The maximum Gasteiger partial charge on any atom is 0.256 e. The lowest BCUT2D eigenvalue weighted by Gasteiger charge is -2.18. The summed E-state index contributed by atoms with van der Waals surface area (Å²) in [4.78, 5) is 16.6. The number of hydrogen-bond donors (Lipinski definition) is 2. The number of imidazole rings is 1. The quantitative estimate of drug-likeness (QED) is 0.866. The highest BCUT2D eigenvalue weighted by Crippen LogP contribution is 2.30. The molecule has 1 aromatic carbocycles. The SMILES string of the molecule is COc1cccc(Cl)c1C(=O)N[C@@H]1CC(Cn2ccnc2)C[C@H]1O. The van der Waals surface area contributed by atoms with Crippen molar-refractivity contribution < 1.29 is 14.6 Å². The lowest BCUT2D eigenvalue weighted by Crippen LogP contribution is -2.40. The molecule has 128 valence electrons. The van der Waals surface area contributed by atoms with Crippen molar-refractivity contribution in [3.63, 3.8) is 0 Å². The summed E-state index contributed by atoms with van der Waals surface area (Å²) in [5, 5.41) is 13.5. The van der Waals surface area contributed by atoms with Crippen LogP contribution in [0.5, 0.6) is 5.75 Å². The van der Waals surface area contributed by atoms with Gasteiger partial charge in [-0.25, -0.2) is 4.98 Å². The van der Waals surface area contributed by atoms with Crippen molar-refractivity contribution in [1.82, 2.24) is 14.9 Å². The van der Waals surface area contributed by atoms with E-state index in [1.54, 1.807) is 30.7 Å². The summed E-state index contributed by atoms with van der Waals surface area (Å²) in [5.41, 5.74) is 0.298. The summed E-state index contributed by atoms with van der Waals surface area (Å²) in [6, 6.07) is 4.76. The average Bonchev–Trinajstić information content (AvgIpc) is 3.17. The molecule has 1 aliphatic carbocycles. The van der Waals surface area contributed by atoms with Crippen molar-refractivity contribution in [1.29, 1.82) is 0 Å². The maximum atomic E-state index is 12.6. The van der Waals surface area contributed by atoms with Gasteiger partial charge in [0.2, 0.25) is 0 Å². The molecule has 24 heavy (non-hydrogen) atoms. The van der Waals surface area contributed by atoms with E-state index < -0.39 is 6.10 Å². The van der Waals surface area contributed by atoms with Crippen molar-refractivity contribution >= 4 is 17.5 Å². The lowest BCUT2D eigenvalue weighted by molar-refractivity contribution is 0.0870. The number of aliphatic hydroxyl groups excluding tert-OH is 1. The normalized spacial score (nSPS) is 23.2. The first-order chi connectivity index (χ1) is 11.6. The highest BCUT2D eigenvalue weighted by molar-refractivity contribution is 6.34. The number of rotatable bonds is 5. The second kappa shape index (κ2) is 7.23. The first kappa shape index (κ1) is 16.8. The third kappa shape index (κ3) is 3.55. The molecular formula is C17H20ClN3O3. The average molecular weight is 350 g/mol. The Morgan fingerprint density at radius 3 is 3.04 bits per heavy atom. The minimum Gasteiger partial charge on any atom is -0.496 e. The Balaban J connectivity index is 1.66. The molecule has 0 aliphatic heterocycles. The zero-order chi connectivity index (χ0) is 17.1. The van der Waals surface area contributed by atoms with Gasteiger partial charge in [0.25, 0.3) is 5.91 Å². The van der Waals surface area contributed by atoms with E-state index in [0.29, 0.717) is 29.2 Å². The van der Waals surface area contributed by atoms with Crippen LogP contribution in [-0.4, -0.2) is 39.8 Å². The molecule has 7 heteroatoms. The van der Waals surface area contributed by atoms with Gasteiger partial charge in [0.15, 0.2) is 0 Å². The van der Waals surface area contributed by atoms with E-state index in [9.17, 15) is 9.90 Å². The molecule has 1 unspecified atom stereocenters. The first-order valence-corrected chi connectivity index (χ1v) is 8.23. The van der Waals surface area contributed by atoms with Gasteiger partial charge in [0, 0.05) is 18.9 Å². The van der Waals surface area contributed by atoms with Crippen LogP contribution in [0.1, 0.15) is 23.2 Å². The number of nitrogens with zero attached hydrogens (tertiary/aromatic N) is 2. The smallest absolute Gasteiger partial charge is 0.256 e. The van der Waals surface area contributed by atoms with Crippen molar-refractivity contribution in [3.8, 4) is 5.75 Å². The topological polar surface area (TPSA) is 76.4 Å². The minimum absolute atomic E-state index is 0.285. The molecule has 1 heterocycles. The van der Waals surface area contributed by atoms with Gasteiger partial charge in [-0.3, -0.25) is 4.79 Å². The van der Waals surface area contributed by atoms with Crippen LogP contribution in [0.15, 0.2) is 36.9 Å². The van der Waals surface area contributed by atoms with Crippen molar-refractivity contribution in [2.75, 3.05) is 7.11 Å². The van der Waals surface area contributed by atoms with E-state index in [1.165, 1.54) is 7.11 Å². The van der Waals surface area contributed by atoms with Gasteiger partial charge in [-0.15, -0.1) is 0 Å². The lowest BCUT2D eigenvalue weighted by atomic mass is 10.1. The Bertz CT molecular complexity index is 705. The van der Waals surface area contributed by atoms with Crippen molar-refractivity contribution in [2.24, 2.45) is 5.92 Å². The Morgan fingerprint density at radius 2 is 2.33 bits per heavy atom. The summed E-state index contributed by atoms with van der Waals surface area (Å²) in [6.07, 6.45) is 6.16. The minimum atomic E-state index is -0.573. The van der Waals surface area contributed by atoms with Crippen LogP contribution in [0, 0.1) is 5.92 Å². The monoisotopic (exact) mass is 349 g/mol. The molecule has 0 radical (unpaired) electrons.